The van der Waals surface area contributed by atoms with E-state index in [1.54, 1.807) is 30.9 Å². The summed E-state index contributed by atoms with van der Waals surface area (Å²) >= 11 is 0. The largest absolute Gasteiger partial charge is 0.746 e. The Morgan fingerprint density at radius 3 is 2.64 bits per heavy atom. The van der Waals surface area contributed by atoms with Crippen LogP contribution < -0.4 is 16.0 Å². The fourth-order valence-corrected chi connectivity index (χ4v) is 5.28. The maximum atomic E-state index is 13.1. The van der Waals surface area contributed by atoms with E-state index in [0.29, 0.717) is 31.8 Å². The number of carbonyl (C=O) groups is 4. The molecule has 2 aliphatic rings. The van der Waals surface area contributed by atoms with Crippen LogP contribution in [0.3, 0.4) is 0 Å². The van der Waals surface area contributed by atoms with Gasteiger partial charge in [-0.15, -0.1) is 0 Å². The first-order chi connectivity index (χ1) is 18.3. The third-order valence-electron chi connectivity index (χ3n) is 6.66. The molecule has 0 saturated carbocycles. The lowest BCUT2D eigenvalue weighted by Gasteiger charge is -2.29. The molecule has 0 bridgehead atoms. The highest BCUT2D eigenvalue weighted by molar-refractivity contribution is 7.86. The van der Waals surface area contributed by atoms with Crippen molar-refractivity contribution in [2.75, 3.05) is 19.7 Å². The molecule has 0 spiro atoms. The Balaban J connectivity index is 1.57. The van der Waals surface area contributed by atoms with Crippen molar-refractivity contribution in [1.82, 2.24) is 20.9 Å². The summed E-state index contributed by atoms with van der Waals surface area (Å²) in [5.74, 6) is -1.73. The number of hydrogen-bond acceptors (Lipinski definition) is 10. The minimum Gasteiger partial charge on any atom is -0.746 e. The quantitative estimate of drug-likeness (QED) is 0.226. The minimum atomic E-state index is -5.21. The van der Waals surface area contributed by atoms with Crippen LogP contribution in [0.15, 0.2) is 22.8 Å². The number of nitrogens with zero attached hydrogens (tertiary/aromatic N) is 1. The van der Waals surface area contributed by atoms with Crippen LogP contribution in [0.25, 0.3) is 0 Å². The van der Waals surface area contributed by atoms with Crippen LogP contribution in [0.5, 0.6) is 0 Å². The van der Waals surface area contributed by atoms with Gasteiger partial charge in [0.2, 0.25) is 17.7 Å². The number of furan rings is 1. The summed E-state index contributed by atoms with van der Waals surface area (Å²) in [5.41, 5.74) is -2.48. The Morgan fingerprint density at radius 2 is 2.05 bits per heavy atom. The van der Waals surface area contributed by atoms with Crippen LogP contribution in [0, 0.1) is 17.8 Å². The maximum absolute atomic E-state index is 13.1. The van der Waals surface area contributed by atoms with Gasteiger partial charge in [0.25, 0.3) is 0 Å². The smallest absolute Gasteiger partial charge is 0.407 e. The fourth-order valence-electron chi connectivity index (χ4n) is 4.70. The Kier molecular flexibility index (Phi) is 10.3. The lowest BCUT2D eigenvalue weighted by molar-refractivity contribution is -0.128. The third-order valence-corrected chi connectivity index (χ3v) is 7.58. The lowest BCUT2D eigenvalue weighted by atomic mass is 9.97. The van der Waals surface area contributed by atoms with Crippen molar-refractivity contribution in [2.24, 2.45) is 17.8 Å². The van der Waals surface area contributed by atoms with Crippen LogP contribution in [-0.2, 0) is 35.8 Å². The average Bonchev–Trinajstić information content (AvgIpc) is 3.58. The first kappa shape index (κ1) is 30.4. The van der Waals surface area contributed by atoms with Crippen LogP contribution >= 0.6 is 0 Å². The lowest BCUT2D eigenvalue weighted by Crippen LogP contribution is -2.55. The van der Waals surface area contributed by atoms with Crippen molar-refractivity contribution in [2.45, 2.75) is 63.6 Å². The molecule has 0 aliphatic carbocycles. The number of nitrogens with one attached hydrogen (secondary N) is 3. The monoisotopic (exact) mass is 571 g/mol. The molecule has 39 heavy (non-hydrogen) atoms. The second-order valence-electron chi connectivity index (χ2n) is 10.4. The molecule has 15 heteroatoms. The molecule has 1 aromatic rings. The van der Waals surface area contributed by atoms with Gasteiger partial charge in [-0.2, -0.15) is 0 Å². The SMILES string of the molecule is CC(C)C[C@H](NC(=O)OCC1CC(=O)N(Cc2ccco2)C1)C(=O)N[C@@H](C[C@@H]1CCNC1=O)C(O)S(=O)(=O)[O-]. The zero-order valence-electron chi connectivity index (χ0n) is 21.8. The zero-order chi connectivity index (χ0) is 28.7. The molecule has 0 radical (unpaired) electrons. The molecular weight excluding hydrogens is 536 g/mol. The van der Waals surface area contributed by atoms with Crippen molar-refractivity contribution in [1.29, 1.82) is 0 Å². The number of carbonyl (C=O) groups excluding carboxylic acids is 4. The normalized spacial score (nSPS) is 21.9. The number of ether oxygens (including phenoxy) is 1. The van der Waals surface area contributed by atoms with E-state index < -0.39 is 45.6 Å². The van der Waals surface area contributed by atoms with Crippen molar-refractivity contribution in [3.8, 4) is 0 Å². The van der Waals surface area contributed by atoms with Gasteiger partial charge in [-0.3, -0.25) is 14.4 Å². The molecule has 1 aromatic heterocycles. The molecule has 2 saturated heterocycles. The molecule has 4 amide bonds. The summed E-state index contributed by atoms with van der Waals surface area (Å²) in [5, 5.41) is 17.5. The summed E-state index contributed by atoms with van der Waals surface area (Å²) in [4.78, 5) is 51.4. The van der Waals surface area contributed by atoms with Gasteiger partial charge >= 0.3 is 6.09 Å². The van der Waals surface area contributed by atoms with Crippen molar-refractivity contribution >= 4 is 33.9 Å². The van der Waals surface area contributed by atoms with E-state index >= 15 is 0 Å². The van der Waals surface area contributed by atoms with Gasteiger partial charge in [0, 0.05) is 31.3 Å². The molecule has 14 nitrogen and oxygen atoms in total. The molecule has 0 aromatic carbocycles. The molecule has 2 aliphatic heterocycles. The van der Waals surface area contributed by atoms with E-state index in [2.05, 4.69) is 16.0 Å². The highest BCUT2D eigenvalue weighted by Gasteiger charge is 2.36. The zero-order valence-corrected chi connectivity index (χ0v) is 22.6. The van der Waals surface area contributed by atoms with Crippen molar-refractivity contribution in [3.05, 3.63) is 24.2 Å². The highest BCUT2D eigenvalue weighted by Crippen LogP contribution is 2.22. The van der Waals surface area contributed by atoms with Crippen LogP contribution in [-0.4, -0.2) is 84.0 Å². The molecule has 2 unspecified atom stereocenters. The molecule has 5 atom stereocenters. The summed E-state index contributed by atoms with van der Waals surface area (Å²) in [6.45, 7) is 4.53. The van der Waals surface area contributed by atoms with Crippen LogP contribution in [0.1, 0.15) is 45.3 Å². The summed E-state index contributed by atoms with van der Waals surface area (Å²) in [6, 6.07) is 0.729. The summed E-state index contributed by atoms with van der Waals surface area (Å²) in [6.07, 6.45) is 0.983. The first-order valence-electron chi connectivity index (χ1n) is 12.8. The number of rotatable bonds is 13. The number of likely N-dealkylation sites (tertiary alicyclic amines) is 1. The maximum Gasteiger partial charge on any atom is 0.407 e. The number of hydrogen-bond donors (Lipinski definition) is 4. The van der Waals surface area contributed by atoms with Gasteiger partial charge in [0.1, 0.15) is 21.9 Å². The molecule has 2 fully saturated rings. The van der Waals surface area contributed by atoms with Crippen molar-refractivity contribution in [3.63, 3.8) is 0 Å². The van der Waals surface area contributed by atoms with E-state index in [9.17, 15) is 37.3 Å². The second-order valence-corrected chi connectivity index (χ2v) is 11.8. The Labute approximate surface area is 226 Å². The number of amides is 4. The van der Waals surface area contributed by atoms with Gasteiger partial charge in [0.05, 0.1) is 25.5 Å². The van der Waals surface area contributed by atoms with Gasteiger partial charge in [-0.1, -0.05) is 13.8 Å². The van der Waals surface area contributed by atoms with Gasteiger partial charge in [-0.25, -0.2) is 13.2 Å². The number of alkyl carbamates (subject to hydrolysis) is 1. The van der Waals surface area contributed by atoms with Gasteiger partial charge < -0.3 is 39.7 Å². The molecule has 218 valence electrons. The standard InChI is InChI=1S/C24H36N4O10S/c1-14(2)8-18(22(31)26-19(23(32)39(34,35)36)10-16-5-6-25-21(16)30)27-24(33)38-13-15-9-20(29)28(11-15)12-17-4-3-7-37-17/h3-4,7,14-16,18-19,23,32H,5-6,8-13H2,1-2H3,(H,25,30)(H,26,31)(H,27,33)(H,34,35,36)/p-1/t15?,16-,18-,19-,23?/m0/s1. The molecular formula is C24H35N4O10S-. The predicted molar refractivity (Wildman–Crippen MR) is 133 cm³/mol. The van der Waals surface area contributed by atoms with Crippen LogP contribution in [0.2, 0.25) is 0 Å². The number of aliphatic hydroxyl groups is 1. The first-order valence-corrected chi connectivity index (χ1v) is 14.2. The Hall–Kier alpha value is -3.17. The van der Waals surface area contributed by atoms with Gasteiger partial charge in [0.15, 0.2) is 5.44 Å². The van der Waals surface area contributed by atoms with E-state index in [1.165, 1.54) is 6.26 Å². The van der Waals surface area contributed by atoms with E-state index in [-0.39, 0.29) is 49.5 Å². The van der Waals surface area contributed by atoms with E-state index in [4.69, 9.17) is 9.15 Å². The minimum absolute atomic E-state index is 0.0746. The average molecular weight is 572 g/mol. The van der Waals surface area contributed by atoms with Gasteiger partial charge in [-0.05, 0) is 37.3 Å². The molecule has 4 N–H and O–H groups in total. The predicted octanol–water partition coefficient (Wildman–Crippen LogP) is -0.356. The van der Waals surface area contributed by atoms with Crippen LogP contribution in [0.4, 0.5) is 4.79 Å². The topological polar surface area (TPSA) is 207 Å². The summed E-state index contributed by atoms with van der Waals surface area (Å²) in [7, 11) is -5.21. The Bertz CT molecular complexity index is 1120. The van der Waals surface area contributed by atoms with Crippen molar-refractivity contribution < 1.29 is 46.4 Å². The molecule has 3 heterocycles. The summed E-state index contributed by atoms with van der Waals surface area (Å²) < 4.78 is 45.0. The van der Waals surface area contributed by atoms with E-state index in [0.717, 1.165) is 0 Å². The fraction of sp³-hybridized carbons (Fsp3) is 0.667. The number of aliphatic hydroxyl groups excluding tert-OH is 1. The molecule has 3 rings (SSSR count). The Morgan fingerprint density at radius 1 is 1.31 bits per heavy atom. The third kappa shape index (κ3) is 8.93. The second kappa shape index (κ2) is 13.3. The highest BCUT2D eigenvalue weighted by atomic mass is 32.2. The van der Waals surface area contributed by atoms with E-state index in [1.807, 2.05) is 0 Å².